The van der Waals surface area contributed by atoms with Crippen LogP contribution in [0.3, 0.4) is 0 Å². The van der Waals surface area contributed by atoms with Crippen molar-refractivity contribution in [3.8, 4) is 0 Å². The molecule has 0 N–H and O–H groups in total. The number of nitrogens with zero attached hydrogens (tertiary/aromatic N) is 1. The second-order valence-electron chi connectivity index (χ2n) is 6.52. The van der Waals surface area contributed by atoms with Crippen LogP contribution in [0.15, 0.2) is 53.4 Å². The molecule has 3 nitrogen and oxygen atoms in total. The van der Waals surface area contributed by atoms with E-state index in [1.165, 1.54) is 0 Å². The number of hydrogen-bond acceptors (Lipinski definition) is 2. The van der Waals surface area contributed by atoms with Crippen molar-refractivity contribution in [2.45, 2.75) is 43.5 Å². The minimum atomic E-state index is -3.52. The smallest absolute Gasteiger partial charge is 0.207 e. The van der Waals surface area contributed by atoms with Crippen LogP contribution in [-0.4, -0.2) is 19.3 Å². The third-order valence-electron chi connectivity index (χ3n) is 4.62. The molecule has 1 aliphatic rings. The fourth-order valence-electron chi connectivity index (χ4n) is 3.24. The van der Waals surface area contributed by atoms with Gasteiger partial charge in [-0.3, -0.25) is 0 Å². The number of sulfonamides is 1. The van der Waals surface area contributed by atoms with E-state index < -0.39 is 10.0 Å². The molecule has 0 aliphatic carbocycles. The highest BCUT2D eigenvalue weighted by atomic mass is 35.5. The molecule has 0 saturated carbocycles. The average Bonchev–Trinajstić information content (AvgIpc) is 3.05. The van der Waals surface area contributed by atoms with Gasteiger partial charge in [-0.15, -0.1) is 0 Å². The molecule has 1 atom stereocenters. The maximum absolute atomic E-state index is 13.1. The monoisotopic (exact) mass is 363 g/mol. The van der Waals surface area contributed by atoms with E-state index in [1.807, 2.05) is 36.4 Å². The fourth-order valence-corrected chi connectivity index (χ4v) is 5.18. The minimum Gasteiger partial charge on any atom is -0.207 e. The molecular formula is C19H22ClNO2S. The summed E-state index contributed by atoms with van der Waals surface area (Å²) in [5.41, 5.74) is 2.03. The molecule has 3 rings (SSSR count). The Morgan fingerprint density at radius 1 is 1.08 bits per heavy atom. The van der Waals surface area contributed by atoms with Crippen molar-refractivity contribution in [3.05, 3.63) is 64.7 Å². The van der Waals surface area contributed by atoms with E-state index in [4.69, 9.17) is 11.6 Å². The molecule has 5 heteroatoms. The van der Waals surface area contributed by atoms with Crippen LogP contribution in [0.25, 0.3) is 0 Å². The van der Waals surface area contributed by atoms with Crippen molar-refractivity contribution >= 4 is 21.6 Å². The summed E-state index contributed by atoms with van der Waals surface area (Å²) in [5.74, 6) is 0.379. The van der Waals surface area contributed by atoms with Gasteiger partial charge in [-0.1, -0.05) is 55.8 Å². The van der Waals surface area contributed by atoms with E-state index in [9.17, 15) is 8.42 Å². The summed E-state index contributed by atoms with van der Waals surface area (Å²) in [4.78, 5) is 0.353. The normalized spacial score (nSPS) is 19.1. The van der Waals surface area contributed by atoms with Gasteiger partial charge >= 0.3 is 0 Å². The summed E-state index contributed by atoms with van der Waals surface area (Å²) < 4.78 is 27.8. The van der Waals surface area contributed by atoms with Gasteiger partial charge in [0.2, 0.25) is 10.0 Å². The predicted molar refractivity (Wildman–Crippen MR) is 97.8 cm³/mol. The third-order valence-corrected chi connectivity index (χ3v) is 6.89. The fraction of sp³-hybridized carbons (Fsp3) is 0.368. The van der Waals surface area contributed by atoms with E-state index in [1.54, 1.807) is 16.4 Å². The number of rotatable bonds is 4. The lowest BCUT2D eigenvalue weighted by Crippen LogP contribution is -2.30. The highest BCUT2D eigenvalue weighted by Crippen LogP contribution is 2.39. The second-order valence-corrected chi connectivity index (χ2v) is 8.82. The van der Waals surface area contributed by atoms with Crippen molar-refractivity contribution in [1.82, 2.24) is 4.31 Å². The Balaban J connectivity index is 1.95. The summed E-state index contributed by atoms with van der Waals surface area (Å²) in [6.45, 7) is 4.72. The zero-order chi connectivity index (χ0) is 17.3. The Bertz CT molecular complexity index is 816. The molecule has 0 aromatic heterocycles. The summed E-state index contributed by atoms with van der Waals surface area (Å²) in [7, 11) is -3.52. The van der Waals surface area contributed by atoms with Crippen molar-refractivity contribution in [1.29, 1.82) is 0 Å². The summed E-state index contributed by atoms with van der Waals surface area (Å²) in [6, 6.07) is 14.6. The van der Waals surface area contributed by atoms with Gasteiger partial charge in [0.05, 0.1) is 10.9 Å². The second kappa shape index (κ2) is 6.87. The summed E-state index contributed by atoms with van der Waals surface area (Å²) in [6.07, 6.45) is 1.65. The highest BCUT2D eigenvalue weighted by molar-refractivity contribution is 7.89. The first-order valence-electron chi connectivity index (χ1n) is 8.27. The SMILES string of the molecule is CC(C)c1ccc(S(=O)(=O)N2CCC[C@@H]2c2ccccc2Cl)cc1. The van der Waals surface area contributed by atoms with Crippen LogP contribution in [-0.2, 0) is 10.0 Å². The van der Waals surface area contributed by atoms with Crippen LogP contribution in [0, 0.1) is 0 Å². The molecule has 0 spiro atoms. The van der Waals surface area contributed by atoms with Crippen molar-refractivity contribution in [2.75, 3.05) is 6.54 Å². The first kappa shape index (κ1) is 17.5. The van der Waals surface area contributed by atoms with Crippen molar-refractivity contribution in [3.63, 3.8) is 0 Å². The Labute approximate surface area is 149 Å². The average molecular weight is 364 g/mol. The number of benzene rings is 2. The highest BCUT2D eigenvalue weighted by Gasteiger charge is 2.36. The molecule has 1 heterocycles. The summed E-state index contributed by atoms with van der Waals surface area (Å²) in [5, 5.41) is 0.625. The lowest BCUT2D eigenvalue weighted by molar-refractivity contribution is 0.397. The Morgan fingerprint density at radius 3 is 2.38 bits per heavy atom. The Kier molecular flexibility index (Phi) is 5.00. The third kappa shape index (κ3) is 3.23. The Morgan fingerprint density at radius 2 is 1.75 bits per heavy atom. The van der Waals surface area contributed by atoms with Crippen LogP contribution in [0.1, 0.15) is 49.8 Å². The van der Waals surface area contributed by atoms with Crippen LogP contribution >= 0.6 is 11.6 Å². The zero-order valence-electron chi connectivity index (χ0n) is 13.9. The topological polar surface area (TPSA) is 37.4 Å². The molecule has 2 aromatic carbocycles. The molecule has 1 saturated heterocycles. The lowest BCUT2D eigenvalue weighted by atomic mass is 10.0. The summed E-state index contributed by atoms with van der Waals surface area (Å²) >= 11 is 6.30. The van der Waals surface area contributed by atoms with E-state index in [2.05, 4.69) is 13.8 Å². The van der Waals surface area contributed by atoms with Gasteiger partial charge in [-0.05, 0) is 48.1 Å². The van der Waals surface area contributed by atoms with E-state index in [0.717, 1.165) is 24.0 Å². The number of halogens is 1. The van der Waals surface area contributed by atoms with Crippen LogP contribution in [0.4, 0.5) is 0 Å². The van der Waals surface area contributed by atoms with Gasteiger partial charge < -0.3 is 0 Å². The van der Waals surface area contributed by atoms with Gasteiger partial charge in [0, 0.05) is 11.6 Å². The largest absolute Gasteiger partial charge is 0.243 e. The minimum absolute atomic E-state index is 0.187. The quantitative estimate of drug-likeness (QED) is 0.767. The maximum Gasteiger partial charge on any atom is 0.243 e. The molecule has 1 aliphatic heterocycles. The van der Waals surface area contributed by atoms with Gasteiger partial charge in [0.15, 0.2) is 0 Å². The Hall–Kier alpha value is -1.36. The maximum atomic E-state index is 13.1. The zero-order valence-corrected chi connectivity index (χ0v) is 15.5. The number of hydrogen-bond donors (Lipinski definition) is 0. The standard InChI is InChI=1S/C19H22ClNO2S/c1-14(2)15-9-11-16(12-10-15)24(22,23)21-13-5-8-19(21)17-6-3-4-7-18(17)20/h3-4,6-7,9-12,14,19H,5,8,13H2,1-2H3/t19-/m1/s1. The molecule has 0 bridgehead atoms. The van der Waals surface area contributed by atoms with Crippen LogP contribution < -0.4 is 0 Å². The molecule has 0 radical (unpaired) electrons. The van der Waals surface area contributed by atoms with E-state index in [0.29, 0.717) is 22.4 Å². The van der Waals surface area contributed by atoms with E-state index in [-0.39, 0.29) is 6.04 Å². The first-order valence-corrected chi connectivity index (χ1v) is 10.1. The molecule has 0 unspecified atom stereocenters. The predicted octanol–water partition coefficient (Wildman–Crippen LogP) is 4.99. The molecule has 2 aromatic rings. The first-order chi connectivity index (χ1) is 11.4. The molecular weight excluding hydrogens is 342 g/mol. The molecule has 24 heavy (non-hydrogen) atoms. The molecule has 128 valence electrons. The molecule has 0 amide bonds. The van der Waals surface area contributed by atoms with E-state index >= 15 is 0 Å². The van der Waals surface area contributed by atoms with Crippen LogP contribution in [0.5, 0.6) is 0 Å². The lowest BCUT2D eigenvalue weighted by Gasteiger charge is -2.25. The van der Waals surface area contributed by atoms with Crippen molar-refractivity contribution < 1.29 is 8.42 Å². The van der Waals surface area contributed by atoms with Gasteiger partial charge in [0.25, 0.3) is 0 Å². The van der Waals surface area contributed by atoms with Crippen molar-refractivity contribution in [2.24, 2.45) is 0 Å². The molecule has 1 fully saturated rings. The van der Waals surface area contributed by atoms with Gasteiger partial charge in [-0.2, -0.15) is 4.31 Å². The van der Waals surface area contributed by atoms with Gasteiger partial charge in [0.1, 0.15) is 0 Å². The van der Waals surface area contributed by atoms with Gasteiger partial charge in [-0.25, -0.2) is 8.42 Å². The van der Waals surface area contributed by atoms with Crippen LogP contribution in [0.2, 0.25) is 5.02 Å².